The normalized spacial score (nSPS) is 11.0. The Hall–Kier alpha value is -2.69. The fraction of sp³-hybridized carbons (Fsp3) is 0.160. The zero-order chi connectivity index (χ0) is 24.4. The van der Waals surface area contributed by atoms with Crippen molar-refractivity contribution >= 4 is 74.2 Å². The van der Waals surface area contributed by atoms with Crippen LogP contribution in [0.4, 0.5) is 5.69 Å². The predicted molar refractivity (Wildman–Crippen MR) is 148 cm³/mol. The van der Waals surface area contributed by atoms with Crippen molar-refractivity contribution in [3.63, 3.8) is 0 Å². The molecule has 1 heterocycles. The maximum atomic E-state index is 12.7. The lowest BCUT2D eigenvalue weighted by Gasteiger charge is -2.14. The van der Waals surface area contributed by atoms with E-state index in [1.807, 2.05) is 36.4 Å². The van der Waals surface area contributed by atoms with Gasteiger partial charge in [-0.1, -0.05) is 31.5 Å². The SMILES string of the molecule is COc1ccc(-c2nc3cc(C(C)C)ccc3o2)cc1NC(=S)NC(=O)c1cc(I)ccc1Cl. The van der Waals surface area contributed by atoms with E-state index in [0.29, 0.717) is 39.4 Å². The van der Waals surface area contributed by atoms with Gasteiger partial charge in [0, 0.05) is 9.13 Å². The molecule has 2 N–H and O–H groups in total. The molecule has 9 heteroatoms. The van der Waals surface area contributed by atoms with Gasteiger partial charge in [-0.3, -0.25) is 10.1 Å². The van der Waals surface area contributed by atoms with E-state index in [-0.39, 0.29) is 5.11 Å². The largest absolute Gasteiger partial charge is 0.495 e. The number of anilines is 1. The first-order valence-electron chi connectivity index (χ1n) is 10.4. The van der Waals surface area contributed by atoms with Crippen molar-refractivity contribution < 1.29 is 13.9 Å². The van der Waals surface area contributed by atoms with Crippen molar-refractivity contribution in [3.8, 4) is 17.2 Å². The number of benzene rings is 3. The number of hydrogen-bond donors (Lipinski definition) is 2. The van der Waals surface area contributed by atoms with Crippen LogP contribution in [-0.4, -0.2) is 23.1 Å². The van der Waals surface area contributed by atoms with Crippen LogP contribution in [0.2, 0.25) is 5.02 Å². The zero-order valence-electron chi connectivity index (χ0n) is 18.6. The molecule has 0 bridgehead atoms. The zero-order valence-corrected chi connectivity index (χ0v) is 22.3. The Bertz CT molecular complexity index is 1400. The summed E-state index contributed by atoms with van der Waals surface area (Å²) in [5, 5.41) is 6.14. The van der Waals surface area contributed by atoms with Gasteiger partial charge < -0.3 is 14.5 Å². The summed E-state index contributed by atoms with van der Waals surface area (Å²) in [6.07, 6.45) is 0. The first kappa shape index (κ1) is 24.4. The van der Waals surface area contributed by atoms with Crippen LogP contribution in [0, 0.1) is 3.57 Å². The third-order valence-corrected chi connectivity index (χ3v) is 6.38. The van der Waals surface area contributed by atoms with E-state index in [2.05, 4.69) is 52.1 Å². The van der Waals surface area contributed by atoms with Crippen LogP contribution in [0.25, 0.3) is 22.6 Å². The summed E-state index contributed by atoms with van der Waals surface area (Å²) in [6, 6.07) is 16.7. The minimum Gasteiger partial charge on any atom is -0.495 e. The number of rotatable bonds is 5. The third-order valence-electron chi connectivity index (χ3n) is 5.17. The molecule has 0 spiro atoms. The molecular formula is C25H21ClIN3O3S. The first-order valence-corrected chi connectivity index (χ1v) is 12.3. The molecule has 0 aliphatic heterocycles. The third kappa shape index (κ3) is 5.34. The summed E-state index contributed by atoms with van der Waals surface area (Å²) in [6.45, 7) is 4.27. The number of ether oxygens (including phenoxy) is 1. The second-order valence-corrected chi connectivity index (χ2v) is 9.91. The van der Waals surface area contributed by atoms with Crippen molar-refractivity contribution in [1.29, 1.82) is 0 Å². The first-order chi connectivity index (χ1) is 16.2. The Morgan fingerprint density at radius 2 is 1.94 bits per heavy atom. The molecule has 6 nitrogen and oxygen atoms in total. The Labute approximate surface area is 221 Å². The molecule has 0 aliphatic rings. The van der Waals surface area contributed by atoms with Gasteiger partial charge in [0.1, 0.15) is 11.3 Å². The maximum absolute atomic E-state index is 12.7. The summed E-state index contributed by atoms with van der Waals surface area (Å²) in [5.41, 5.74) is 4.33. The molecule has 1 amide bonds. The summed E-state index contributed by atoms with van der Waals surface area (Å²) in [7, 11) is 1.56. The quantitative estimate of drug-likeness (QED) is 0.188. The van der Waals surface area contributed by atoms with E-state index in [0.717, 1.165) is 14.7 Å². The number of halogens is 2. The Kier molecular flexibility index (Phi) is 7.39. The number of nitrogens with zero attached hydrogens (tertiary/aromatic N) is 1. The van der Waals surface area contributed by atoms with Crippen molar-refractivity contribution in [1.82, 2.24) is 10.3 Å². The Morgan fingerprint density at radius 1 is 1.15 bits per heavy atom. The fourth-order valence-corrected chi connectivity index (χ4v) is 4.26. The second kappa shape index (κ2) is 10.3. The maximum Gasteiger partial charge on any atom is 0.258 e. The fourth-order valence-electron chi connectivity index (χ4n) is 3.36. The lowest BCUT2D eigenvalue weighted by Crippen LogP contribution is -2.34. The standard InChI is InChI=1S/C25H21ClIN3O3S/c1-13(2)14-4-9-22-20(10-14)28-24(33-22)15-5-8-21(32-3)19(11-15)29-25(34)30-23(31)17-12-16(27)6-7-18(17)26/h4-13H,1-3H3,(H2,29,30,31,34). The molecule has 0 saturated carbocycles. The van der Waals surface area contributed by atoms with Gasteiger partial charge in [0.25, 0.3) is 5.91 Å². The highest BCUT2D eigenvalue weighted by Crippen LogP contribution is 2.32. The molecule has 0 atom stereocenters. The number of amides is 1. The van der Waals surface area contributed by atoms with Crippen LogP contribution in [0.3, 0.4) is 0 Å². The number of hydrogen-bond acceptors (Lipinski definition) is 5. The van der Waals surface area contributed by atoms with Crippen LogP contribution in [0.15, 0.2) is 59.0 Å². The molecule has 0 fully saturated rings. The molecule has 0 aliphatic carbocycles. The minimum atomic E-state index is -0.406. The number of carbonyl (C=O) groups excluding carboxylic acids is 1. The molecule has 174 valence electrons. The average Bonchev–Trinajstić information content (AvgIpc) is 3.24. The van der Waals surface area contributed by atoms with Gasteiger partial charge in [0.15, 0.2) is 10.7 Å². The Morgan fingerprint density at radius 3 is 2.68 bits per heavy atom. The van der Waals surface area contributed by atoms with E-state index in [1.54, 1.807) is 25.3 Å². The van der Waals surface area contributed by atoms with Crippen molar-refractivity contribution in [2.75, 3.05) is 12.4 Å². The molecule has 4 rings (SSSR count). The van der Waals surface area contributed by atoms with Gasteiger partial charge in [0.05, 0.1) is 23.4 Å². The van der Waals surface area contributed by atoms with Crippen molar-refractivity contribution in [2.45, 2.75) is 19.8 Å². The van der Waals surface area contributed by atoms with E-state index in [9.17, 15) is 4.79 Å². The van der Waals surface area contributed by atoms with Crippen LogP contribution in [0.1, 0.15) is 35.7 Å². The molecule has 3 aromatic carbocycles. The predicted octanol–water partition coefficient (Wildman–Crippen LogP) is 7.01. The van der Waals surface area contributed by atoms with E-state index < -0.39 is 5.91 Å². The number of oxazole rings is 1. The molecule has 0 saturated heterocycles. The molecule has 1 aromatic heterocycles. The van der Waals surface area contributed by atoms with Gasteiger partial charge in [-0.05, 0) is 94.8 Å². The van der Waals surface area contributed by atoms with Crippen LogP contribution >= 0.6 is 46.4 Å². The highest BCUT2D eigenvalue weighted by Gasteiger charge is 2.16. The van der Waals surface area contributed by atoms with Crippen LogP contribution < -0.4 is 15.4 Å². The van der Waals surface area contributed by atoms with E-state index in [1.165, 1.54) is 5.56 Å². The number of methoxy groups -OCH3 is 1. The van der Waals surface area contributed by atoms with Crippen molar-refractivity contribution in [2.24, 2.45) is 0 Å². The van der Waals surface area contributed by atoms with E-state index >= 15 is 0 Å². The molecule has 34 heavy (non-hydrogen) atoms. The van der Waals surface area contributed by atoms with E-state index in [4.69, 9.17) is 33.0 Å². The minimum absolute atomic E-state index is 0.106. The monoisotopic (exact) mass is 605 g/mol. The smallest absolute Gasteiger partial charge is 0.258 e. The Balaban J connectivity index is 1.58. The number of carbonyl (C=O) groups is 1. The lowest BCUT2D eigenvalue weighted by atomic mass is 10.0. The highest BCUT2D eigenvalue weighted by atomic mass is 127. The van der Waals surface area contributed by atoms with Crippen molar-refractivity contribution in [3.05, 3.63) is 74.3 Å². The number of nitrogens with one attached hydrogen (secondary N) is 2. The second-order valence-electron chi connectivity index (χ2n) is 7.85. The lowest BCUT2D eigenvalue weighted by molar-refractivity contribution is 0.0978. The summed E-state index contributed by atoms with van der Waals surface area (Å²) < 4.78 is 12.3. The average molecular weight is 606 g/mol. The highest BCUT2D eigenvalue weighted by molar-refractivity contribution is 14.1. The summed E-state index contributed by atoms with van der Waals surface area (Å²) >= 11 is 13.6. The van der Waals surface area contributed by atoms with Crippen LogP contribution in [-0.2, 0) is 0 Å². The van der Waals surface area contributed by atoms with Gasteiger partial charge in [-0.25, -0.2) is 4.98 Å². The van der Waals surface area contributed by atoms with Gasteiger partial charge >= 0.3 is 0 Å². The molecular weight excluding hydrogens is 585 g/mol. The number of fused-ring (bicyclic) bond motifs is 1. The summed E-state index contributed by atoms with van der Waals surface area (Å²) in [4.78, 5) is 17.3. The van der Waals surface area contributed by atoms with Gasteiger partial charge in [-0.2, -0.15) is 0 Å². The molecule has 4 aromatic rings. The molecule has 0 radical (unpaired) electrons. The number of aromatic nitrogens is 1. The number of thiocarbonyl (C=S) groups is 1. The van der Waals surface area contributed by atoms with Gasteiger partial charge in [-0.15, -0.1) is 0 Å². The molecule has 0 unspecified atom stereocenters. The topological polar surface area (TPSA) is 76.4 Å². The van der Waals surface area contributed by atoms with Crippen LogP contribution in [0.5, 0.6) is 5.75 Å². The van der Waals surface area contributed by atoms with Gasteiger partial charge in [0.2, 0.25) is 5.89 Å². The summed E-state index contributed by atoms with van der Waals surface area (Å²) in [5.74, 6) is 1.01.